The van der Waals surface area contributed by atoms with Crippen LogP contribution in [0.2, 0.25) is 0 Å². The Hall–Kier alpha value is 1.01. The molecule has 0 amide bonds. The first kappa shape index (κ1) is 5.01. The summed E-state index contributed by atoms with van der Waals surface area (Å²) < 4.78 is 2.17. The van der Waals surface area contributed by atoms with Crippen molar-refractivity contribution in [2.45, 2.75) is 0 Å². The molecule has 0 aromatic rings. The van der Waals surface area contributed by atoms with E-state index in [1.165, 1.54) is 0 Å². The summed E-state index contributed by atoms with van der Waals surface area (Å²) in [7, 11) is 4.15. The molecule has 0 aromatic carbocycles. The van der Waals surface area contributed by atoms with Crippen molar-refractivity contribution in [2.24, 2.45) is 0 Å². The molecule has 0 aliphatic heterocycles. The van der Waals surface area contributed by atoms with Crippen molar-refractivity contribution < 1.29 is 29.7 Å². The molecule has 0 aromatic heterocycles. The van der Waals surface area contributed by atoms with Gasteiger partial charge >= 0.3 is 46.1 Å². The summed E-state index contributed by atoms with van der Waals surface area (Å²) in [6.07, 6.45) is 0. The summed E-state index contributed by atoms with van der Waals surface area (Å²) in [4.78, 5) is 0. The first-order valence-corrected chi connectivity index (χ1v) is 2.98. The van der Waals surface area contributed by atoms with E-state index < -0.39 is 0 Å². The third kappa shape index (κ3) is 11.9. The molecule has 0 bridgehead atoms. The van der Waals surface area contributed by atoms with Gasteiger partial charge in [0.2, 0.25) is 0 Å². The van der Waals surface area contributed by atoms with Crippen LogP contribution in [0, 0.1) is 29.7 Å². The van der Waals surface area contributed by atoms with Crippen molar-refractivity contribution in [3.63, 3.8) is 0 Å². The third-order valence-corrected chi connectivity index (χ3v) is 0. The molecule has 4 heavy (non-hydrogen) atoms. The van der Waals surface area contributed by atoms with E-state index in [1.54, 1.807) is 0 Å². The monoisotopic (exact) mass is 282 g/mol. The van der Waals surface area contributed by atoms with Gasteiger partial charge < -0.3 is 0 Å². The van der Waals surface area contributed by atoms with Crippen molar-refractivity contribution >= 4 is 0 Å². The Morgan fingerprint density at radius 2 is 1.50 bits per heavy atom. The Morgan fingerprint density at radius 3 is 1.50 bits per heavy atom. The summed E-state index contributed by atoms with van der Waals surface area (Å²) in [5.74, 6) is 0. The van der Waals surface area contributed by atoms with Crippen LogP contribution >= 0.6 is 0 Å². The average Bonchev–Trinajstić information content (AvgIpc) is 0.811. The van der Waals surface area contributed by atoms with Crippen LogP contribution in [0.1, 0.15) is 0 Å². The quantitative estimate of drug-likeness (QED) is 0.605. The van der Waals surface area contributed by atoms with E-state index in [9.17, 15) is 0 Å². The third-order valence-electron chi connectivity index (χ3n) is 0. The van der Waals surface area contributed by atoms with E-state index in [-0.39, 0.29) is 0 Å². The Morgan fingerprint density at radius 1 is 1.50 bits per heavy atom. The van der Waals surface area contributed by atoms with Crippen molar-refractivity contribution in [3.8, 4) is 0 Å². The normalized spacial score (nSPS) is 9.25. The van der Waals surface area contributed by atoms with Gasteiger partial charge in [0, 0.05) is 0 Å². The average molecular weight is 282 g/mol. The van der Waals surface area contributed by atoms with Gasteiger partial charge in [-0.1, -0.05) is 0 Å². The van der Waals surface area contributed by atoms with E-state index in [0.29, 0.717) is 0 Å². The van der Waals surface area contributed by atoms with Crippen LogP contribution in [-0.2, 0) is 0 Å². The number of rotatable bonds is 0. The van der Waals surface area contributed by atoms with Crippen LogP contribution in [0.25, 0.3) is 0 Å². The fourth-order valence-corrected chi connectivity index (χ4v) is 0. The second-order valence-electron chi connectivity index (χ2n) is 0.894. The number of hydrogen-bond acceptors (Lipinski definition) is 1. The minimum absolute atomic E-state index is 1.01. The SMILES string of the molecule is C[N](C)[U]. The Bertz CT molecular complexity index is 10.8. The van der Waals surface area contributed by atoms with Crippen LogP contribution in [0.3, 0.4) is 0 Å². The molecule has 0 heterocycles. The number of hydrogen-bond donors (Lipinski definition) is 0. The molecule has 0 spiro atoms. The zero-order chi connectivity index (χ0) is 3.58. The van der Waals surface area contributed by atoms with Gasteiger partial charge in [-0.25, -0.2) is 0 Å². The predicted octanol–water partition coefficient (Wildman–Crippen LogP) is 0.0123. The van der Waals surface area contributed by atoms with Gasteiger partial charge in [0.25, 0.3) is 0 Å². The summed E-state index contributed by atoms with van der Waals surface area (Å²) >= 11 is 1.01. The van der Waals surface area contributed by atoms with Crippen molar-refractivity contribution in [1.82, 2.24) is 2.23 Å². The zero-order valence-electron chi connectivity index (χ0n) is 2.95. The van der Waals surface area contributed by atoms with E-state index in [4.69, 9.17) is 0 Å². The number of nitrogens with zero attached hydrogens (tertiary/aromatic N) is 1. The van der Waals surface area contributed by atoms with Crippen LogP contribution in [-0.4, -0.2) is 16.3 Å². The van der Waals surface area contributed by atoms with Gasteiger partial charge in [0.1, 0.15) is 0 Å². The molecule has 1 nitrogen and oxygen atoms in total. The summed E-state index contributed by atoms with van der Waals surface area (Å²) in [5.41, 5.74) is 0. The van der Waals surface area contributed by atoms with Gasteiger partial charge in [-0.2, -0.15) is 0 Å². The van der Waals surface area contributed by atoms with E-state index in [0.717, 1.165) is 29.7 Å². The standard InChI is InChI=1S/C2H6N.U/c1-3-2;/h1-2H3;/q-1;+1. The second kappa shape index (κ2) is 2.26. The molecule has 2 heteroatoms. The van der Waals surface area contributed by atoms with E-state index in [2.05, 4.69) is 16.3 Å². The second-order valence-corrected chi connectivity index (χ2v) is 4.62. The first-order chi connectivity index (χ1) is 1.73. The molecule has 0 N–H and O–H groups in total. The molecule has 0 rings (SSSR count). The molecule has 0 unspecified atom stereocenters. The van der Waals surface area contributed by atoms with Crippen LogP contribution in [0.4, 0.5) is 0 Å². The van der Waals surface area contributed by atoms with Gasteiger partial charge in [-0.15, -0.1) is 0 Å². The fraction of sp³-hybridized carbons (Fsp3) is 1.00. The molecule has 0 atom stereocenters. The molecule has 0 saturated carbocycles. The van der Waals surface area contributed by atoms with E-state index >= 15 is 0 Å². The Balaban J connectivity index is 2.32. The Labute approximate surface area is 46.1 Å². The van der Waals surface area contributed by atoms with E-state index in [1.807, 2.05) is 0 Å². The van der Waals surface area contributed by atoms with Gasteiger partial charge in [-0.05, 0) is 0 Å². The van der Waals surface area contributed by atoms with Crippen LogP contribution in [0.5, 0.6) is 0 Å². The molecule has 0 aliphatic rings. The van der Waals surface area contributed by atoms with Crippen molar-refractivity contribution in [2.75, 3.05) is 14.1 Å². The van der Waals surface area contributed by atoms with Gasteiger partial charge in [-0.3, -0.25) is 0 Å². The predicted molar refractivity (Wildman–Crippen MR) is 13.7 cm³/mol. The summed E-state index contributed by atoms with van der Waals surface area (Å²) in [6, 6.07) is 0. The maximum absolute atomic E-state index is 2.17. The molecule has 0 fully saturated rings. The topological polar surface area (TPSA) is 3.24 Å². The van der Waals surface area contributed by atoms with Gasteiger partial charge in [0.15, 0.2) is 0 Å². The minimum atomic E-state index is 1.01. The van der Waals surface area contributed by atoms with Crippen molar-refractivity contribution in [1.29, 1.82) is 0 Å². The summed E-state index contributed by atoms with van der Waals surface area (Å²) in [5, 5.41) is 0. The summed E-state index contributed by atoms with van der Waals surface area (Å²) in [6.45, 7) is 0. The molecular formula is C2H6NU. The molecule has 0 saturated heterocycles. The molecule has 23 valence electrons. The fourth-order valence-electron chi connectivity index (χ4n) is 0. The maximum atomic E-state index is 2.17. The zero-order valence-corrected chi connectivity index (χ0v) is 7.11. The molecule has 0 radical (unpaired) electrons. The van der Waals surface area contributed by atoms with Crippen molar-refractivity contribution in [3.05, 3.63) is 0 Å². The Kier molecular flexibility index (Phi) is 2.83. The first-order valence-electron chi connectivity index (χ1n) is 1.12. The van der Waals surface area contributed by atoms with Crippen LogP contribution in [0.15, 0.2) is 0 Å². The molecular weight excluding hydrogens is 276 g/mol. The van der Waals surface area contributed by atoms with Gasteiger partial charge in [0.05, 0.1) is 0 Å². The molecule has 0 aliphatic carbocycles. The van der Waals surface area contributed by atoms with Crippen LogP contribution < -0.4 is 0 Å².